The summed E-state index contributed by atoms with van der Waals surface area (Å²) in [6, 6.07) is 15.7. The van der Waals surface area contributed by atoms with E-state index < -0.39 is 0 Å². The van der Waals surface area contributed by atoms with Crippen molar-refractivity contribution in [2.45, 2.75) is 13.8 Å². The first-order chi connectivity index (χ1) is 7.74. The van der Waals surface area contributed by atoms with Gasteiger partial charge >= 0.3 is 101 Å². The molecule has 0 saturated heterocycles. The van der Waals surface area contributed by atoms with Crippen molar-refractivity contribution in [3.8, 4) is 0 Å². The fraction of sp³-hybridized carbons (Fsp3) is 0.133. The van der Waals surface area contributed by atoms with Gasteiger partial charge < -0.3 is 0 Å². The molecule has 78 valence electrons. The van der Waals surface area contributed by atoms with Gasteiger partial charge in [0.05, 0.1) is 0 Å². The number of hydrogen-bond acceptors (Lipinski definition) is 0. The number of benzene rings is 2. The monoisotopic (exact) mass is 273 g/mol. The van der Waals surface area contributed by atoms with Crippen molar-refractivity contribution in [3.63, 3.8) is 0 Å². The topological polar surface area (TPSA) is 0 Å². The molecule has 0 aliphatic rings. The Hall–Kier alpha value is -1.17. The molecule has 1 aromatic heterocycles. The van der Waals surface area contributed by atoms with E-state index in [9.17, 15) is 0 Å². The van der Waals surface area contributed by atoms with E-state index >= 15 is 0 Å². The van der Waals surface area contributed by atoms with Gasteiger partial charge in [0.25, 0.3) is 0 Å². The van der Waals surface area contributed by atoms with Crippen LogP contribution >= 0.6 is 0 Å². The van der Waals surface area contributed by atoms with E-state index in [0.29, 0.717) is 14.5 Å². The third kappa shape index (κ3) is 1.57. The predicted octanol–water partition coefficient (Wildman–Crippen LogP) is 3.95. The van der Waals surface area contributed by atoms with Crippen LogP contribution < -0.4 is 0 Å². The van der Waals surface area contributed by atoms with Gasteiger partial charge in [-0.05, 0) is 0 Å². The normalized spacial score (nSPS) is 11.1. The summed E-state index contributed by atoms with van der Waals surface area (Å²) in [5, 5.41) is 2.82. The second kappa shape index (κ2) is 3.69. The molecule has 0 aliphatic heterocycles. The minimum absolute atomic E-state index is 0.471. The number of aryl methyl sites for hydroxylation is 2. The van der Waals surface area contributed by atoms with Gasteiger partial charge in [-0.15, -0.1) is 0 Å². The third-order valence-corrected chi connectivity index (χ3v) is 5.52. The molecule has 3 rings (SSSR count). The molecule has 0 spiro atoms. The summed E-state index contributed by atoms with van der Waals surface area (Å²) in [6.45, 7) is 4.39. The molecule has 0 fully saturated rings. The molecule has 1 heteroatoms. The number of rotatable bonds is 0. The Kier molecular flexibility index (Phi) is 2.31. The van der Waals surface area contributed by atoms with E-state index in [1.54, 1.807) is 0 Å². The molecule has 0 saturated carbocycles. The average Bonchev–Trinajstić information content (AvgIpc) is 2.28. The Labute approximate surface area is 101 Å². The standard InChI is InChI=1S/C15H13Se/c1-10-7-13-9-12-5-3-4-6-14(12)16-15(13)8-11(10)2/h3-9H,1-2H3/q+1. The van der Waals surface area contributed by atoms with E-state index in [4.69, 9.17) is 0 Å². The molecule has 0 N–H and O–H groups in total. The summed E-state index contributed by atoms with van der Waals surface area (Å²) in [6.07, 6.45) is 0. The van der Waals surface area contributed by atoms with Gasteiger partial charge in [0, 0.05) is 0 Å². The summed E-state index contributed by atoms with van der Waals surface area (Å²) in [5.41, 5.74) is 2.80. The SMILES string of the molecule is Cc1cc2cc3ccccc3[se+]c2cc1C. The van der Waals surface area contributed by atoms with Crippen LogP contribution in [0.3, 0.4) is 0 Å². The summed E-state index contributed by atoms with van der Waals surface area (Å²) < 4.78 is 3.03. The van der Waals surface area contributed by atoms with Gasteiger partial charge in [-0.3, -0.25) is 0 Å². The Morgan fingerprint density at radius 2 is 1.50 bits per heavy atom. The molecule has 3 aromatic rings. The molecule has 0 radical (unpaired) electrons. The summed E-state index contributed by atoms with van der Waals surface area (Å²) in [5.74, 6) is 0. The van der Waals surface area contributed by atoms with Crippen molar-refractivity contribution in [2.75, 3.05) is 0 Å². The zero-order valence-electron chi connectivity index (χ0n) is 9.45. The molecule has 0 bridgehead atoms. The fourth-order valence-corrected chi connectivity index (χ4v) is 4.30. The minimum atomic E-state index is 0.471. The first kappa shape index (κ1) is 10.0. The molecule has 0 nitrogen and oxygen atoms in total. The second-order valence-electron chi connectivity index (χ2n) is 4.26. The van der Waals surface area contributed by atoms with E-state index in [-0.39, 0.29) is 0 Å². The van der Waals surface area contributed by atoms with Gasteiger partial charge in [0.1, 0.15) is 0 Å². The maximum atomic E-state index is 2.36. The second-order valence-corrected chi connectivity index (χ2v) is 6.53. The van der Waals surface area contributed by atoms with Crippen LogP contribution in [0.25, 0.3) is 19.3 Å². The van der Waals surface area contributed by atoms with Gasteiger partial charge in [0.15, 0.2) is 0 Å². The van der Waals surface area contributed by atoms with E-state index in [2.05, 4.69) is 56.3 Å². The molecule has 0 atom stereocenters. The molecule has 1 heterocycles. The van der Waals surface area contributed by atoms with Crippen LogP contribution in [0.2, 0.25) is 0 Å². The third-order valence-electron chi connectivity index (χ3n) is 3.08. The van der Waals surface area contributed by atoms with Crippen molar-refractivity contribution in [3.05, 3.63) is 53.6 Å². The Morgan fingerprint density at radius 1 is 0.750 bits per heavy atom. The molecule has 16 heavy (non-hydrogen) atoms. The fourth-order valence-electron chi connectivity index (χ4n) is 1.99. The Morgan fingerprint density at radius 3 is 2.38 bits per heavy atom. The van der Waals surface area contributed by atoms with Crippen LogP contribution in [0.4, 0.5) is 0 Å². The molecule has 0 unspecified atom stereocenters. The Balaban J connectivity index is 2.46. The first-order valence-electron chi connectivity index (χ1n) is 5.47. The van der Waals surface area contributed by atoms with Crippen molar-refractivity contribution in [2.24, 2.45) is 0 Å². The molecule has 0 amide bonds. The van der Waals surface area contributed by atoms with Gasteiger partial charge in [-0.25, -0.2) is 0 Å². The molecule has 0 aliphatic carbocycles. The van der Waals surface area contributed by atoms with Crippen LogP contribution in [0, 0.1) is 13.8 Å². The van der Waals surface area contributed by atoms with Crippen LogP contribution in [0.15, 0.2) is 42.5 Å². The van der Waals surface area contributed by atoms with Crippen LogP contribution in [0.5, 0.6) is 0 Å². The average molecular weight is 272 g/mol. The quantitative estimate of drug-likeness (QED) is 0.429. The van der Waals surface area contributed by atoms with Crippen LogP contribution in [0.1, 0.15) is 11.1 Å². The summed E-state index contributed by atoms with van der Waals surface area (Å²) >= 11 is 0.471. The number of fused-ring (bicyclic) bond motifs is 2. The maximum absolute atomic E-state index is 2.36. The van der Waals surface area contributed by atoms with Crippen LogP contribution in [-0.4, -0.2) is 14.5 Å². The Bertz CT molecular complexity index is 623. The van der Waals surface area contributed by atoms with E-state index in [1.807, 2.05) is 0 Å². The van der Waals surface area contributed by atoms with Gasteiger partial charge in [-0.2, -0.15) is 0 Å². The zero-order valence-corrected chi connectivity index (χ0v) is 11.2. The molecular weight excluding hydrogens is 259 g/mol. The molecular formula is C15H13Se+. The van der Waals surface area contributed by atoms with E-state index in [1.165, 1.54) is 30.4 Å². The summed E-state index contributed by atoms with van der Waals surface area (Å²) in [7, 11) is 0. The van der Waals surface area contributed by atoms with Crippen molar-refractivity contribution < 1.29 is 0 Å². The van der Waals surface area contributed by atoms with Gasteiger partial charge in [0.2, 0.25) is 0 Å². The van der Waals surface area contributed by atoms with Gasteiger partial charge in [-0.1, -0.05) is 0 Å². The van der Waals surface area contributed by atoms with Crippen molar-refractivity contribution in [1.29, 1.82) is 0 Å². The first-order valence-corrected chi connectivity index (χ1v) is 7.18. The molecule has 2 aromatic carbocycles. The van der Waals surface area contributed by atoms with Crippen LogP contribution in [-0.2, 0) is 0 Å². The zero-order chi connectivity index (χ0) is 11.1. The predicted molar refractivity (Wildman–Crippen MR) is 72.3 cm³/mol. The van der Waals surface area contributed by atoms with Crippen molar-refractivity contribution >= 4 is 33.8 Å². The number of hydrogen-bond donors (Lipinski definition) is 0. The summed E-state index contributed by atoms with van der Waals surface area (Å²) in [4.78, 5) is 0. The van der Waals surface area contributed by atoms with Crippen molar-refractivity contribution in [1.82, 2.24) is 0 Å². The van der Waals surface area contributed by atoms with E-state index in [0.717, 1.165) is 0 Å².